The van der Waals surface area contributed by atoms with Gasteiger partial charge in [0.15, 0.2) is 0 Å². The summed E-state index contributed by atoms with van der Waals surface area (Å²) in [4.78, 5) is 23.6. The molecule has 1 aromatic carbocycles. The van der Waals surface area contributed by atoms with E-state index in [1.54, 1.807) is 7.11 Å². The van der Waals surface area contributed by atoms with Gasteiger partial charge in [-0.2, -0.15) is 0 Å². The lowest BCUT2D eigenvalue weighted by molar-refractivity contribution is -0.125. The number of carbonyl (C=O) groups is 2. The number of nitrogens with zero attached hydrogens (tertiary/aromatic N) is 1. The van der Waals surface area contributed by atoms with Crippen molar-refractivity contribution in [2.75, 3.05) is 19.1 Å². The van der Waals surface area contributed by atoms with Crippen molar-refractivity contribution in [2.24, 2.45) is 0 Å². The number of carbonyl (C=O) groups excluding carboxylic acids is 2. The van der Waals surface area contributed by atoms with Crippen molar-refractivity contribution in [3.8, 4) is 5.75 Å². The highest BCUT2D eigenvalue weighted by Crippen LogP contribution is 2.27. The average Bonchev–Trinajstić information content (AvgIpc) is 2.51. The van der Waals surface area contributed by atoms with Crippen molar-refractivity contribution < 1.29 is 14.3 Å². The van der Waals surface area contributed by atoms with Gasteiger partial charge < -0.3 is 9.64 Å². The first-order chi connectivity index (χ1) is 10.0. The summed E-state index contributed by atoms with van der Waals surface area (Å²) >= 11 is 0. The van der Waals surface area contributed by atoms with Gasteiger partial charge in [0, 0.05) is 31.3 Å². The highest BCUT2D eigenvalue weighted by Gasteiger charge is 2.13. The number of anilines is 1. The van der Waals surface area contributed by atoms with Gasteiger partial charge in [0.2, 0.25) is 12.3 Å². The Balaban J connectivity index is 2.71. The van der Waals surface area contributed by atoms with E-state index in [1.807, 2.05) is 20.0 Å². The summed E-state index contributed by atoms with van der Waals surface area (Å²) in [6.45, 7) is 4.14. The smallest absolute Gasteiger partial charge is 0.226 e. The van der Waals surface area contributed by atoms with Gasteiger partial charge in [0.05, 0.1) is 7.11 Å². The number of amides is 2. The Bertz CT molecular complexity index is 488. The van der Waals surface area contributed by atoms with E-state index in [-0.39, 0.29) is 11.9 Å². The van der Waals surface area contributed by atoms with E-state index in [0.29, 0.717) is 19.3 Å². The number of aryl methyl sites for hydroxylation is 1. The Hall–Kier alpha value is -2.04. The van der Waals surface area contributed by atoms with Crippen LogP contribution in [0.1, 0.15) is 32.3 Å². The molecule has 5 heteroatoms. The first-order valence-corrected chi connectivity index (χ1v) is 7.16. The molecule has 2 amide bonds. The van der Waals surface area contributed by atoms with Gasteiger partial charge in [-0.25, -0.2) is 0 Å². The molecule has 1 unspecified atom stereocenters. The number of methoxy groups -OCH3 is 1. The minimum absolute atomic E-state index is 0.180. The van der Waals surface area contributed by atoms with Gasteiger partial charge >= 0.3 is 0 Å². The van der Waals surface area contributed by atoms with Crippen LogP contribution in [-0.2, 0) is 16.0 Å². The number of hydrogen-bond acceptors (Lipinski definition) is 4. The summed E-state index contributed by atoms with van der Waals surface area (Å²) in [5.74, 6) is 0.636. The molecule has 0 bridgehead atoms. The third-order valence-electron chi connectivity index (χ3n) is 3.73. The number of nitrogens with one attached hydrogen (secondary N) is 1. The van der Waals surface area contributed by atoms with Crippen molar-refractivity contribution in [2.45, 2.75) is 39.2 Å². The molecule has 0 saturated carbocycles. The summed E-state index contributed by atoms with van der Waals surface area (Å²) in [5, 5.41) is 2.15. The van der Waals surface area contributed by atoms with Crippen LogP contribution in [0, 0.1) is 0 Å². The molecule has 0 saturated heterocycles. The largest absolute Gasteiger partial charge is 0.496 e. The Labute approximate surface area is 126 Å². The Morgan fingerprint density at radius 1 is 1.48 bits per heavy atom. The number of imide groups is 1. The molecule has 0 fully saturated rings. The van der Waals surface area contributed by atoms with E-state index in [0.717, 1.165) is 17.9 Å². The molecule has 0 aromatic heterocycles. The van der Waals surface area contributed by atoms with Crippen molar-refractivity contribution in [1.29, 1.82) is 0 Å². The van der Waals surface area contributed by atoms with Gasteiger partial charge in [-0.05, 0) is 31.4 Å². The molecule has 0 aliphatic carbocycles. The van der Waals surface area contributed by atoms with Gasteiger partial charge in [0.1, 0.15) is 5.75 Å². The van der Waals surface area contributed by atoms with Crippen LogP contribution in [0.25, 0.3) is 0 Å². The van der Waals surface area contributed by atoms with Gasteiger partial charge in [0.25, 0.3) is 0 Å². The fourth-order valence-electron chi connectivity index (χ4n) is 2.17. The first-order valence-electron chi connectivity index (χ1n) is 7.16. The summed E-state index contributed by atoms with van der Waals surface area (Å²) in [6, 6.07) is 6.32. The van der Waals surface area contributed by atoms with Gasteiger partial charge in [-0.1, -0.05) is 13.0 Å². The summed E-state index contributed by atoms with van der Waals surface area (Å²) in [7, 11) is 3.66. The van der Waals surface area contributed by atoms with Crippen molar-refractivity contribution in [3.63, 3.8) is 0 Å². The van der Waals surface area contributed by atoms with E-state index in [1.165, 1.54) is 5.56 Å². The minimum atomic E-state index is -0.246. The molecule has 1 atom stereocenters. The maximum absolute atomic E-state index is 11.3. The second-order valence-electron chi connectivity index (χ2n) is 5.03. The van der Waals surface area contributed by atoms with Gasteiger partial charge in [-0.15, -0.1) is 0 Å². The molecule has 0 aliphatic rings. The van der Waals surface area contributed by atoms with Crippen molar-refractivity contribution in [1.82, 2.24) is 5.32 Å². The van der Waals surface area contributed by atoms with Crippen molar-refractivity contribution in [3.05, 3.63) is 23.8 Å². The average molecular weight is 292 g/mol. The quantitative estimate of drug-likeness (QED) is 0.746. The van der Waals surface area contributed by atoms with Crippen LogP contribution in [0.5, 0.6) is 5.75 Å². The van der Waals surface area contributed by atoms with Crippen molar-refractivity contribution >= 4 is 18.0 Å². The molecule has 1 N–H and O–H groups in total. The normalized spacial score (nSPS) is 11.6. The number of ether oxygens (including phenoxy) is 1. The maximum atomic E-state index is 11.3. The molecule has 1 rings (SSSR count). The van der Waals surface area contributed by atoms with Crippen LogP contribution in [0.3, 0.4) is 0 Å². The summed E-state index contributed by atoms with van der Waals surface area (Å²) in [5.41, 5.74) is 2.22. The fraction of sp³-hybridized carbons (Fsp3) is 0.500. The van der Waals surface area contributed by atoms with E-state index < -0.39 is 0 Å². The van der Waals surface area contributed by atoms with Crippen LogP contribution in [0.4, 0.5) is 5.69 Å². The SMILES string of the molecule is CCc1ccc(N(C)C(C)CCC(=O)NC=O)cc1OC. The lowest BCUT2D eigenvalue weighted by Crippen LogP contribution is -2.31. The highest BCUT2D eigenvalue weighted by atomic mass is 16.5. The molecule has 0 heterocycles. The second-order valence-corrected chi connectivity index (χ2v) is 5.03. The van der Waals surface area contributed by atoms with Crippen LogP contribution >= 0.6 is 0 Å². The molecule has 0 spiro atoms. The molecule has 5 nitrogen and oxygen atoms in total. The van der Waals surface area contributed by atoms with Crippen LogP contribution in [0.2, 0.25) is 0 Å². The third-order valence-corrected chi connectivity index (χ3v) is 3.73. The molecule has 1 aromatic rings. The Kier molecular flexibility index (Phi) is 6.72. The summed E-state index contributed by atoms with van der Waals surface area (Å²) < 4.78 is 5.41. The monoisotopic (exact) mass is 292 g/mol. The lowest BCUT2D eigenvalue weighted by Gasteiger charge is -2.27. The topological polar surface area (TPSA) is 58.6 Å². The predicted octanol–water partition coefficient (Wildman–Crippen LogP) is 2.14. The maximum Gasteiger partial charge on any atom is 0.226 e. The van der Waals surface area contributed by atoms with Crippen LogP contribution in [-0.4, -0.2) is 32.5 Å². The van der Waals surface area contributed by atoms with E-state index in [4.69, 9.17) is 4.74 Å². The highest BCUT2D eigenvalue weighted by molar-refractivity contribution is 5.85. The Morgan fingerprint density at radius 2 is 2.19 bits per heavy atom. The lowest BCUT2D eigenvalue weighted by atomic mass is 10.1. The molecular weight excluding hydrogens is 268 g/mol. The van der Waals surface area contributed by atoms with E-state index in [9.17, 15) is 9.59 Å². The van der Waals surface area contributed by atoms with Gasteiger partial charge in [-0.3, -0.25) is 14.9 Å². The van der Waals surface area contributed by atoms with Crippen LogP contribution in [0.15, 0.2) is 18.2 Å². The standard InChI is InChI=1S/C16H24N2O3/c1-5-13-7-8-14(10-15(13)21-4)18(3)12(2)6-9-16(20)17-11-19/h7-8,10-12H,5-6,9H2,1-4H3,(H,17,19,20). The zero-order valence-corrected chi connectivity index (χ0v) is 13.2. The minimum Gasteiger partial charge on any atom is -0.496 e. The zero-order chi connectivity index (χ0) is 15.8. The predicted molar refractivity (Wildman–Crippen MR) is 83.7 cm³/mol. The Morgan fingerprint density at radius 3 is 2.76 bits per heavy atom. The molecule has 21 heavy (non-hydrogen) atoms. The number of hydrogen-bond donors (Lipinski definition) is 1. The zero-order valence-electron chi connectivity index (χ0n) is 13.2. The number of benzene rings is 1. The molecule has 116 valence electrons. The van der Waals surface area contributed by atoms with E-state index in [2.05, 4.69) is 29.3 Å². The molecular formula is C16H24N2O3. The fourth-order valence-corrected chi connectivity index (χ4v) is 2.17. The third kappa shape index (κ3) is 4.77. The summed E-state index contributed by atoms with van der Waals surface area (Å²) in [6.07, 6.45) is 2.35. The molecule has 0 radical (unpaired) electrons. The first kappa shape index (κ1) is 17.0. The van der Waals surface area contributed by atoms with E-state index >= 15 is 0 Å². The number of rotatable bonds is 8. The molecule has 0 aliphatic heterocycles. The second kappa shape index (κ2) is 8.29. The van der Waals surface area contributed by atoms with Crippen LogP contribution < -0.4 is 15.0 Å².